The number of anilines is 1. The zero-order valence-corrected chi connectivity index (χ0v) is 15.6. The standard InChI is InChI=1S/C18H14ClIN2O2/c19-12-3-6-15-14(9-12)16(23)18(24)7-8-22(17(18)21-15)13-4-1-11(10-20)2-5-13/h1-6,9,24H,7-8,10H2/t18-/m1/s1. The molecular weight excluding hydrogens is 439 g/mol. The summed E-state index contributed by atoms with van der Waals surface area (Å²) in [7, 11) is 0. The third-order valence-electron chi connectivity index (χ3n) is 4.53. The molecule has 1 N–H and O–H groups in total. The van der Waals surface area contributed by atoms with Crippen molar-refractivity contribution in [1.82, 2.24) is 0 Å². The molecule has 0 spiro atoms. The van der Waals surface area contributed by atoms with E-state index in [0.29, 0.717) is 35.1 Å². The highest BCUT2D eigenvalue weighted by Crippen LogP contribution is 2.40. The van der Waals surface area contributed by atoms with E-state index in [0.717, 1.165) is 10.1 Å². The Morgan fingerprint density at radius 1 is 1.25 bits per heavy atom. The second-order valence-electron chi connectivity index (χ2n) is 5.99. The fourth-order valence-electron chi connectivity index (χ4n) is 3.22. The second-order valence-corrected chi connectivity index (χ2v) is 7.19. The smallest absolute Gasteiger partial charge is 0.204 e. The van der Waals surface area contributed by atoms with E-state index >= 15 is 0 Å². The van der Waals surface area contributed by atoms with Crippen molar-refractivity contribution in [2.75, 3.05) is 11.4 Å². The van der Waals surface area contributed by atoms with Gasteiger partial charge < -0.3 is 10.0 Å². The van der Waals surface area contributed by atoms with Gasteiger partial charge in [-0.15, -0.1) is 0 Å². The fraction of sp³-hybridized carbons (Fsp3) is 0.222. The predicted molar refractivity (Wildman–Crippen MR) is 104 cm³/mol. The number of halogens is 2. The first-order valence-electron chi connectivity index (χ1n) is 7.61. The Morgan fingerprint density at radius 3 is 2.71 bits per heavy atom. The van der Waals surface area contributed by atoms with Gasteiger partial charge in [-0.1, -0.05) is 46.3 Å². The number of hydrogen-bond donors (Lipinski definition) is 1. The molecule has 0 unspecified atom stereocenters. The van der Waals surface area contributed by atoms with Gasteiger partial charge in [0, 0.05) is 33.7 Å². The Bertz CT molecular complexity index is 866. The first kappa shape index (κ1) is 16.1. The molecule has 2 heterocycles. The van der Waals surface area contributed by atoms with Gasteiger partial charge in [-0.25, -0.2) is 4.99 Å². The number of aliphatic imine (C=N–C) groups is 1. The molecule has 0 amide bonds. The van der Waals surface area contributed by atoms with Crippen LogP contribution in [0, 0.1) is 0 Å². The Morgan fingerprint density at radius 2 is 2.00 bits per heavy atom. The highest BCUT2D eigenvalue weighted by Gasteiger charge is 2.52. The summed E-state index contributed by atoms with van der Waals surface area (Å²) in [5.41, 5.74) is 1.54. The summed E-state index contributed by atoms with van der Waals surface area (Å²) in [6.45, 7) is 0.548. The monoisotopic (exact) mass is 452 g/mol. The van der Waals surface area contributed by atoms with Crippen LogP contribution in [0.15, 0.2) is 47.5 Å². The number of Topliss-reactive ketones (excluding diaryl/α,β-unsaturated/α-hetero) is 1. The van der Waals surface area contributed by atoms with E-state index in [9.17, 15) is 9.90 Å². The Kier molecular flexibility index (Phi) is 3.89. The maximum absolute atomic E-state index is 12.8. The molecule has 0 radical (unpaired) electrons. The number of carbonyl (C=O) groups excluding carboxylic acids is 1. The molecule has 1 fully saturated rings. The van der Waals surface area contributed by atoms with E-state index in [1.807, 2.05) is 17.0 Å². The molecular formula is C18H14ClIN2O2. The highest BCUT2D eigenvalue weighted by atomic mass is 127. The summed E-state index contributed by atoms with van der Waals surface area (Å²) >= 11 is 8.31. The third kappa shape index (κ3) is 2.37. The molecule has 122 valence electrons. The lowest BCUT2D eigenvalue weighted by Crippen LogP contribution is -2.48. The maximum Gasteiger partial charge on any atom is 0.204 e. The normalized spacial score (nSPS) is 22.2. The fourth-order valence-corrected chi connectivity index (χ4v) is 3.90. The predicted octanol–water partition coefficient (Wildman–Crippen LogP) is 4.14. The Balaban J connectivity index is 1.81. The lowest BCUT2D eigenvalue weighted by Gasteiger charge is -2.29. The summed E-state index contributed by atoms with van der Waals surface area (Å²) in [5.74, 6) is 0.0842. The first-order chi connectivity index (χ1) is 11.5. The lowest BCUT2D eigenvalue weighted by molar-refractivity contribution is 0.0602. The molecule has 24 heavy (non-hydrogen) atoms. The summed E-state index contributed by atoms with van der Waals surface area (Å²) in [5, 5.41) is 11.4. The van der Waals surface area contributed by atoms with Crippen LogP contribution in [0.1, 0.15) is 22.3 Å². The van der Waals surface area contributed by atoms with Crippen molar-refractivity contribution >= 4 is 57.2 Å². The van der Waals surface area contributed by atoms with Crippen molar-refractivity contribution in [2.24, 2.45) is 4.99 Å². The zero-order valence-electron chi connectivity index (χ0n) is 12.7. The molecule has 4 rings (SSSR count). The summed E-state index contributed by atoms with van der Waals surface area (Å²) < 4.78 is 0.940. The Labute approximate surface area is 158 Å². The SMILES string of the molecule is O=C1c2cc(Cl)ccc2N=C2N(c3ccc(CI)cc3)CC[C@@]12O. The van der Waals surface area contributed by atoms with Crippen molar-refractivity contribution in [3.05, 3.63) is 58.6 Å². The number of rotatable bonds is 2. The van der Waals surface area contributed by atoms with Crippen LogP contribution >= 0.6 is 34.2 Å². The van der Waals surface area contributed by atoms with Crippen LogP contribution in [0.2, 0.25) is 5.02 Å². The van der Waals surface area contributed by atoms with Crippen LogP contribution in [0.25, 0.3) is 0 Å². The molecule has 2 aliphatic heterocycles. The molecule has 0 bridgehead atoms. The zero-order chi connectivity index (χ0) is 16.9. The maximum atomic E-state index is 12.8. The highest BCUT2D eigenvalue weighted by molar-refractivity contribution is 14.1. The quantitative estimate of drug-likeness (QED) is 0.550. The van der Waals surface area contributed by atoms with Gasteiger partial charge in [0.1, 0.15) is 5.84 Å². The van der Waals surface area contributed by atoms with Crippen LogP contribution in [0.5, 0.6) is 0 Å². The number of aliphatic hydroxyl groups is 1. The van der Waals surface area contributed by atoms with Gasteiger partial charge in [-0.3, -0.25) is 4.79 Å². The molecule has 2 aromatic rings. The van der Waals surface area contributed by atoms with E-state index in [1.165, 1.54) is 5.56 Å². The molecule has 2 aromatic carbocycles. The van der Waals surface area contributed by atoms with Crippen molar-refractivity contribution in [1.29, 1.82) is 0 Å². The van der Waals surface area contributed by atoms with Crippen molar-refractivity contribution < 1.29 is 9.90 Å². The number of nitrogens with zero attached hydrogens (tertiary/aromatic N) is 2. The molecule has 4 nitrogen and oxygen atoms in total. The van der Waals surface area contributed by atoms with Gasteiger partial charge in [-0.05, 0) is 35.9 Å². The van der Waals surface area contributed by atoms with Crippen LogP contribution in [-0.4, -0.2) is 28.9 Å². The molecule has 6 heteroatoms. The molecule has 0 aliphatic carbocycles. The van der Waals surface area contributed by atoms with Crippen LogP contribution in [0.3, 0.4) is 0 Å². The van der Waals surface area contributed by atoms with Gasteiger partial charge in [-0.2, -0.15) is 0 Å². The number of fused-ring (bicyclic) bond motifs is 2. The van der Waals surface area contributed by atoms with Gasteiger partial charge in [0.2, 0.25) is 5.78 Å². The minimum Gasteiger partial charge on any atom is -0.374 e. The van der Waals surface area contributed by atoms with E-state index in [-0.39, 0.29) is 5.78 Å². The average Bonchev–Trinajstić information content (AvgIpc) is 2.94. The summed E-state index contributed by atoms with van der Waals surface area (Å²) in [6, 6.07) is 13.1. The minimum atomic E-state index is -1.57. The average molecular weight is 453 g/mol. The van der Waals surface area contributed by atoms with E-state index in [4.69, 9.17) is 11.6 Å². The van der Waals surface area contributed by atoms with Crippen molar-refractivity contribution in [2.45, 2.75) is 16.4 Å². The number of alkyl halides is 1. The topological polar surface area (TPSA) is 52.9 Å². The van der Waals surface area contributed by atoms with Crippen LogP contribution in [0.4, 0.5) is 11.4 Å². The third-order valence-corrected chi connectivity index (χ3v) is 5.65. The number of ketones is 1. The molecule has 1 saturated heterocycles. The molecule has 0 saturated carbocycles. The van der Waals surface area contributed by atoms with Gasteiger partial charge in [0.25, 0.3) is 0 Å². The summed E-state index contributed by atoms with van der Waals surface area (Å²) in [4.78, 5) is 19.3. The van der Waals surface area contributed by atoms with Gasteiger partial charge in [0.05, 0.1) is 5.69 Å². The Hall–Kier alpha value is -1.44. The van der Waals surface area contributed by atoms with Crippen LogP contribution < -0.4 is 4.90 Å². The lowest BCUT2D eigenvalue weighted by atomic mass is 9.87. The second kappa shape index (κ2) is 5.82. The number of hydrogen-bond acceptors (Lipinski definition) is 4. The number of carbonyl (C=O) groups is 1. The molecule has 0 aromatic heterocycles. The van der Waals surface area contributed by atoms with Crippen molar-refractivity contribution in [3.8, 4) is 0 Å². The van der Waals surface area contributed by atoms with E-state index in [2.05, 4.69) is 39.7 Å². The van der Waals surface area contributed by atoms with Gasteiger partial charge in [0.15, 0.2) is 5.60 Å². The minimum absolute atomic E-state index is 0.323. The number of benzene rings is 2. The van der Waals surface area contributed by atoms with Crippen LogP contribution in [-0.2, 0) is 4.43 Å². The molecule has 2 aliphatic rings. The molecule has 1 atom stereocenters. The number of amidine groups is 1. The van der Waals surface area contributed by atoms with E-state index < -0.39 is 5.60 Å². The largest absolute Gasteiger partial charge is 0.374 e. The summed E-state index contributed by atoms with van der Waals surface area (Å²) in [6.07, 6.45) is 0.324. The van der Waals surface area contributed by atoms with Gasteiger partial charge >= 0.3 is 0 Å². The van der Waals surface area contributed by atoms with Crippen molar-refractivity contribution in [3.63, 3.8) is 0 Å². The van der Waals surface area contributed by atoms with E-state index in [1.54, 1.807) is 18.2 Å². The first-order valence-corrected chi connectivity index (χ1v) is 9.51.